The fourth-order valence-electron chi connectivity index (χ4n) is 3.31. The van der Waals surface area contributed by atoms with Crippen LogP contribution < -0.4 is 0 Å². The Kier molecular flexibility index (Phi) is 8.87. The van der Waals surface area contributed by atoms with Gasteiger partial charge in [0.05, 0.1) is 19.6 Å². The third kappa shape index (κ3) is 7.35. The average molecular weight is 397 g/mol. The van der Waals surface area contributed by atoms with Crippen molar-refractivity contribution in [3.05, 3.63) is 71.8 Å². The average Bonchev–Trinajstić information content (AvgIpc) is 2.72. The fourth-order valence-corrected chi connectivity index (χ4v) is 3.31. The van der Waals surface area contributed by atoms with E-state index in [2.05, 4.69) is 0 Å². The van der Waals surface area contributed by atoms with Crippen LogP contribution in [0.3, 0.4) is 0 Å². The van der Waals surface area contributed by atoms with Gasteiger partial charge in [-0.25, -0.2) is 0 Å². The first-order chi connectivity index (χ1) is 13.9. The molecule has 1 amide bonds. The number of esters is 1. The number of rotatable bonds is 10. The van der Waals surface area contributed by atoms with Crippen molar-refractivity contribution in [2.24, 2.45) is 5.92 Å². The molecule has 2 aromatic carbocycles. The Morgan fingerprint density at radius 3 is 1.86 bits per heavy atom. The second-order valence-corrected chi connectivity index (χ2v) is 7.68. The molecule has 0 aliphatic rings. The van der Waals surface area contributed by atoms with Gasteiger partial charge in [-0.2, -0.15) is 0 Å². The molecule has 0 fully saturated rings. The molecule has 0 bridgehead atoms. The van der Waals surface area contributed by atoms with Crippen LogP contribution >= 0.6 is 0 Å². The van der Waals surface area contributed by atoms with Crippen LogP contribution in [-0.2, 0) is 27.4 Å². The molecule has 2 aromatic rings. The molecule has 29 heavy (non-hydrogen) atoms. The van der Waals surface area contributed by atoms with E-state index in [4.69, 9.17) is 4.74 Å². The first kappa shape index (κ1) is 22.6. The maximum absolute atomic E-state index is 13.2. The molecule has 0 N–H and O–H groups in total. The number of ether oxygens (including phenoxy) is 1. The van der Waals surface area contributed by atoms with Crippen molar-refractivity contribution in [2.75, 3.05) is 20.2 Å². The fraction of sp³-hybridized carbons (Fsp3) is 0.417. The van der Waals surface area contributed by atoms with Crippen molar-refractivity contribution in [3.63, 3.8) is 0 Å². The minimum atomic E-state index is -0.307. The van der Waals surface area contributed by atoms with Crippen LogP contribution in [0, 0.1) is 5.92 Å². The number of benzene rings is 2. The van der Waals surface area contributed by atoms with E-state index in [1.54, 1.807) is 0 Å². The quantitative estimate of drug-likeness (QED) is 0.574. The van der Waals surface area contributed by atoms with Crippen LogP contribution in [0.2, 0.25) is 0 Å². The Morgan fingerprint density at radius 1 is 0.862 bits per heavy atom. The summed E-state index contributed by atoms with van der Waals surface area (Å²) >= 11 is 0. The van der Waals surface area contributed by atoms with E-state index in [0.29, 0.717) is 19.6 Å². The first-order valence-electron chi connectivity index (χ1n) is 10.1. The predicted molar refractivity (Wildman–Crippen MR) is 115 cm³/mol. The zero-order chi connectivity index (χ0) is 21.2. The summed E-state index contributed by atoms with van der Waals surface area (Å²) in [6, 6.07) is 20.1. The van der Waals surface area contributed by atoms with Gasteiger partial charge in [-0.3, -0.25) is 14.5 Å². The van der Waals surface area contributed by atoms with Crippen LogP contribution in [0.1, 0.15) is 31.9 Å². The molecule has 5 heteroatoms. The summed E-state index contributed by atoms with van der Waals surface area (Å²) < 4.78 is 4.87. The SMILES string of the molecule is COC(=O)C(C)CN(CC(=O)N(Cc1ccccc1)C(C)C)Cc1ccccc1. The normalized spacial score (nSPS) is 12.1. The summed E-state index contributed by atoms with van der Waals surface area (Å²) in [5.41, 5.74) is 2.21. The van der Waals surface area contributed by atoms with Crippen LogP contribution in [0.15, 0.2) is 60.7 Å². The van der Waals surface area contributed by atoms with Gasteiger partial charge < -0.3 is 9.64 Å². The van der Waals surface area contributed by atoms with Gasteiger partial charge in [0.15, 0.2) is 0 Å². The molecule has 0 spiro atoms. The summed E-state index contributed by atoms with van der Waals surface area (Å²) in [6.45, 7) is 7.78. The number of amides is 1. The predicted octanol–water partition coefficient (Wildman–Crippen LogP) is 3.73. The van der Waals surface area contributed by atoms with Crippen molar-refractivity contribution in [1.82, 2.24) is 9.80 Å². The van der Waals surface area contributed by atoms with Crippen LogP contribution in [0.4, 0.5) is 0 Å². The Balaban J connectivity index is 2.13. The van der Waals surface area contributed by atoms with Gasteiger partial charge >= 0.3 is 5.97 Å². The Morgan fingerprint density at radius 2 is 1.38 bits per heavy atom. The van der Waals surface area contributed by atoms with Crippen molar-refractivity contribution in [3.8, 4) is 0 Å². The molecule has 2 rings (SSSR count). The summed E-state index contributed by atoms with van der Waals surface area (Å²) in [5.74, 6) is -0.518. The minimum absolute atomic E-state index is 0.0526. The third-order valence-corrected chi connectivity index (χ3v) is 4.88. The van der Waals surface area contributed by atoms with Crippen molar-refractivity contribution >= 4 is 11.9 Å². The summed E-state index contributed by atoms with van der Waals surface area (Å²) in [7, 11) is 1.39. The minimum Gasteiger partial charge on any atom is -0.469 e. The molecular weight excluding hydrogens is 364 g/mol. The maximum atomic E-state index is 13.2. The highest BCUT2D eigenvalue weighted by Crippen LogP contribution is 2.13. The van der Waals surface area contributed by atoms with Gasteiger partial charge in [0.25, 0.3) is 0 Å². The Bertz CT molecular complexity index is 762. The molecule has 5 nitrogen and oxygen atoms in total. The molecule has 1 atom stereocenters. The molecule has 0 radical (unpaired) electrons. The first-order valence-corrected chi connectivity index (χ1v) is 10.1. The Labute approximate surface area is 174 Å². The van der Waals surface area contributed by atoms with E-state index >= 15 is 0 Å². The van der Waals surface area contributed by atoms with Gasteiger partial charge in [-0.1, -0.05) is 67.6 Å². The van der Waals surface area contributed by atoms with Crippen LogP contribution in [0.25, 0.3) is 0 Å². The largest absolute Gasteiger partial charge is 0.469 e. The van der Waals surface area contributed by atoms with E-state index in [9.17, 15) is 9.59 Å². The molecule has 156 valence electrons. The summed E-state index contributed by atoms with van der Waals surface area (Å²) in [6.07, 6.45) is 0. The summed E-state index contributed by atoms with van der Waals surface area (Å²) in [4.78, 5) is 29.0. The van der Waals surface area contributed by atoms with Gasteiger partial charge in [-0.05, 0) is 25.0 Å². The Hall–Kier alpha value is -2.66. The lowest BCUT2D eigenvalue weighted by molar-refractivity contribution is -0.146. The molecule has 0 aliphatic carbocycles. The molecule has 0 heterocycles. The second kappa shape index (κ2) is 11.4. The summed E-state index contributed by atoms with van der Waals surface area (Å²) in [5, 5.41) is 0. The van der Waals surface area contributed by atoms with Crippen molar-refractivity contribution in [2.45, 2.75) is 39.9 Å². The van der Waals surface area contributed by atoms with E-state index in [1.165, 1.54) is 7.11 Å². The standard InChI is InChI=1S/C24H32N2O3/c1-19(2)26(17-22-13-9-6-10-14-22)23(27)18-25(15-20(3)24(28)29-4)16-21-11-7-5-8-12-21/h5-14,19-20H,15-18H2,1-4H3. The van der Waals surface area contributed by atoms with Gasteiger partial charge in [0, 0.05) is 25.7 Å². The molecule has 0 aromatic heterocycles. The highest BCUT2D eigenvalue weighted by Gasteiger charge is 2.23. The van der Waals surface area contributed by atoms with Crippen LogP contribution in [-0.4, -0.2) is 47.9 Å². The third-order valence-electron chi connectivity index (χ3n) is 4.88. The zero-order valence-corrected chi connectivity index (χ0v) is 17.9. The second-order valence-electron chi connectivity index (χ2n) is 7.68. The highest BCUT2D eigenvalue weighted by atomic mass is 16.5. The van der Waals surface area contributed by atoms with E-state index in [-0.39, 0.29) is 30.4 Å². The lowest BCUT2D eigenvalue weighted by Gasteiger charge is -2.31. The van der Waals surface area contributed by atoms with Gasteiger partial charge in [0.1, 0.15) is 0 Å². The lowest BCUT2D eigenvalue weighted by atomic mass is 10.1. The highest BCUT2D eigenvalue weighted by molar-refractivity contribution is 5.78. The van der Waals surface area contributed by atoms with E-state index < -0.39 is 0 Å². The molecule has 0 saturated heterocycles. The van der Waals surface area contributed by atoms with Gasteiger partial charge in [0.2, 0.25) is 5.91 Å². The van der Waals surface area contributed by atoms with Crippen molar-refractivity contribution < 1.29 is 14.3 Å². The maximum Gasteiger partial charge on any atom is 0.309 e. The van der Waals surface area contributed by atoms with E-state index in [1.807, 2.05) is 91.2 Å². The van der Waals surface area contributed by atoms with E-state index in [0.717, 1.165) is 11.1 Å². The number of carbonyl (C=O) groups excluding carboxylic acids is 2. The number of nitrogens with zero attached hydrogens (tertiary/aromatic N) is 2. The van der Waals surface area contributed by atoms with Gasteiger partial charge in [-0.15, -0.1) is 0 Å². The number of hydrogen-bond donors (Lipinski definition) is 0. The number of hydrogen-bond acceptors (Lipinski definition) is 4. The molecule has 0 aliphatic heterocycles. The monoisotopic (exact) mass is 396 g/mol. The lowest BCUT2D eigenvalue weighted by Crippen LogP contribution is -2.44. The van der Waals surface area contributed by atoms with Crippen LogP contribution in [0.5, 0.6) is 0 Å². The number of methoxy groups -OCH3 is 1. The number of carbonyl (C=O) groups is 2. The zero-order valence-electron chi connectivity index (χ0n) is 17.9. The van der Waals surface area contributed by atoms with Crippen molar-refractivity contribution in [1.29, 1.82) is 0 Å². The molecule has 0 saturated carbocycles. The molecule has 1 unspecified atom stereocenters. The molecular formula is C24H32N2O3. The smallest absolute Gasteiger partial charge is 0.309 e. The topological polar surface area (TPSA) is 49.9 Å².